The van der Waals surface area contributed by atoms with Gasteiger partial charge in [-0.05, 0) is 24.3 Å². The number of halogens is 1. The Bertz CT molecular complexity index is 1700. The maximum atomic E-state index is 14.7. The summed E-state index contributed by atoms with van der Waals surface area (Å²) in [7, 11) is 0. The second-order valence-corrected chi connectivity index (χ2v) is 8.35. The van der Waals surface area contributed by atoms with Gasteiger partial charge in [0.05, 0.1) is 11.4 Å². The number of carbonyl (C=O) groups is 2. The third kappa shape index (κ3) is 4.02. The number of anilines is 1. The minimum absolute atomic E-state index is 0.0386. The zero-order valence-electron chi connectivity index (χ0n) is 19.3. The molecular formula is C28H19FN6O2. The molecule has 37 heavy (non-hydrogen) atoms. The van der Waals surface area contributed by atoms with Gasteiger partial charge in [0.15, 0.2) is 5.65 Å². The van der Waals surface area contributed by atoms with E-state index in [1.165, 1.54) is 22.8 Å². The first kappa shape index (κ1) is 22.3. The van der Waals surface area contributed by atoms with E-state index in [0.29, 0.717) is 11.4 Å². The normalized spacial score (nSPS) is 14.9. The van der Waals surface area contributed by atoms with Crippen LogP contribution in [0.15, 0.2) is 102 Å². The minimum atomic E-state index is -1.26. The summed E-state index contributed by atoms with van der Waals surface area (Å²) in [6, 6.07) is 24.4. The van der Waals surface area contributed by atoms with Gasteiger partial charge in [-0.2, -0.15) is 5.10 Å². The molecule has 5 aromatic rings. The summed E-state index contributed by atoms with van der Waals surface area (Å²) in [4.78, 5) is 35.8. The van der Waals surface area contributed by atoms with Gasteiger partial charge in [-0.1, -0.05) is 60.7 Å². The summed E-state index contributed by atoms with van der Waals surface area (Å²) in [6.45, 7) is 0. The molecule has 3 heterocycles. The van der Waals surface area contributed by atoms with Crippen molar-refractivity contribution in [2.45, 2.75) is 6.17 Å². The van der Waals surface area contributed by atoms with Crippen LogP contribution in [0.2, 0.25) is 0 Å². The van der Waals surface area contributed by atoms with E-state index in [1.807, 2.05) is 48.5 Å². The third-order valence-corrected chi connectivity index (χ3v) is 6.01. The molecule has 0 unspecified atom stereocenters. The molecule has 3 aromatic carbocycles. The summed E-state index contributed by atoms with van der Waals surface area (Å²) >= 11 is 0. The van der Waals surface area contributed by atoms with E-state index >= 15 is 0 Å². The molecule has 0 fully saturated rings. The van der Waals surface area contributed by atoms with Crippen molar-refractivity contribution < 1.29 is 14.0 Å². The molecule has 180 valence electrons. The molecule has 8 nitrogen and oxygen atoms in total. The Kier molecular flexibility index (Phi) is 5.49. The number of nitrogens with zero attached hydrogens (tertiary/aromatic N) is 4. The van der Waals surface area contributed by atoms with E-state index < -0.39 is 23.8 Å². The second-order valence-electron chi connectivity index (χ2n) is 8.35. The molecule has 0 bridgehead atoms. The summed E-state index contributed by atoms with van der Waals surface area (Å²) in [5.41, 5.74) is 3.16. The molecular weight excluding hydrogens is 471 g/mol. The SMILES string of the molecule is O=C(N[C@H]1N=C(c2ccccc2)c2ccccc2NC1=O)c1c(-c2ccccc2F)nn2cccnc12. The van der Waals surface area contributed by atoms with Crippen molar-refractivity contribution in [1.82, 2.24) is 19.9 Å². The standard InChI is InChI=1S/C28H19FN6O2/c29-20-13-6-4-11-18(20)24-22(26-30-15-8-16-35(26)34-24)27(36)33-25-28(37)31-21-14-7-5-12-19(21)23(32-25)17-9-2-1-3-10-17/h1-16,25H,(H,31,37)(H,33,36)/t25-/m1/s1. The number of aliphatic imine (C=N–C) groups is 1. The number of hydrogen-bond acceptors (Lipinski definition) is 5. The largest absolute Gasteiger partial charge is 0.322 e. The number of nitrogens with one attached hydrogen (secondary N) is 2. The molecule has 0 spiro atoms. The van der Waals surface area contributed by atoms with Crippen LogP contribution in [-0.4, -0.2) is 38.3 Å². The van der Waals surface area contributed by atoms with Crippen LogP contribution in [0.5, 0.6) is 0 Å². The number of benzodiazepines with no additional fused rings is 1. The zero-order chi connectivity index (χ0) is 25.4. The van der Waals surface area contributed by atoms with Crippen LogP contribution in [-0.2, 0) is 4.79 Å². The quantitative estimate of drug-likeness (QED) is 0.396. The number of benzene rings is 3. The van der Waals surface area contributed by atoms with Crippen LogP contribution in [0.1, 0.15) is 21.5 Å². The first-order valence-electron chi connectivity index (χ1n) is 11.5. The number of aromatic nitrogens is 3. The Labute approximate surface area is 210 Å². The number of carbonyl (C=O) groups excluding carboxylic acids is 2. The third-order valence-electron chi connectivity index (χ3n) is 6.01. The number of fused-ring (bicyclic) bond motifs is 2. The van der Waals surface area contributed by atoms with E-state index in [9.17, 15) is 14.0 Å². The van der Waals surface area contributed by atoms with Crippen molar-refractivity contribution in [2.24, 2.45) is 4.99 Å². The molecule has 2 amide bonds. The molecule has 9 heteroatoms. The Hall–Kier alpha value is -5.18. The average molecular weight is 490 g/mol. The highest BCUT2D eigenvalue weighted by Crippen LogP contribution is 2.28. The van der Waals surface area contributed by atoms with Crippen molar-refractivity contribution in [2.75, 3.05) is 5.32 Å². The molecule has 1 aliphatic rings. The zero-order valence-corrected chi connectivity index (χ0v) is 19.3. The highest BCUT2D eigenvalue weighted by atomic mass is 19.1. The van der Waals surface area contributed by atoms with Crippen LogP contribution < -0.4 is 10.6 Å². The van der Waals surface area contributed by atoms with Crippen molar-refractivity contribution in [3.8, 4) is 11.3 Å². The highest BCUT2D eigenvalue weighted by Gasteiger charge is 2.30. The lowest BCUT2D eigenvalue weighted by molar-refractivity contribution is -0.117. The first-order chi connectivity index (χ1) is 18.1. The lowest BCUT2D eigenvalue weighted by Gasteiger charge is -2.13. The van der Waals surface area contributed by atoms with Gasteiger partial charge in [0.25, 0.3) is 11.8 Å². The summed E-state index contributed by atoms with van der Waals surface area (Å²) in [5.74, 6) is -1.70. The molecule has 6 rings (SSSR count). The maximum absolute atomic E-state index is 14.7. The molecule has 0 aliphatic carbocycles. The fourth-order valence-electron chi connectivity index (χ4n) is 4.31. The molecule has 1 atom stereocenters. The van der Waals surface area contributed by atoms with E-state index in [1.54, 1.807) is 30.5 Å². The first-order valence-corrected chi connectivity index (χ1v) is 11.5. The highest BCUT2D eigenvalue weighted by molar-refractivity contribution is 6.20. The lowest BCUT2D eigenvalue weighted by Crippen LogP contribution is -2.42. The van der Waals surface area contributed by atoms with Gasteiger partial charge in [-0.25, -0.2) is 18.9 Å². The monoisotopic (exact) mass is 490 g/mol. The van der Waals surface area contributed by atoms with E-state index in [-0.39, 0.29) is 22.5 Å². The van der Waals surface area contributed by atoms with Crippen molar-refractivity contribution in [3.63, 3.8) is 0 Å². The molecule has 1 aliphatic heterocycles. The van der Waals surface area contributed by atoms with Crippen LogP contribution in [0, 0.1) is 5.82 Å². The van der Waals surface area contributed by atoms with Gasteiger partial charge in [-0.15, -0.1) is 0 Å². The predicted octanol–water partition coefficient (Wildman–Crippen LogP) is 4.08. The van der Waals surface area contributed by atoms with Crippen LogP contribution in [0.3, 0.4) is 0 Å². The Morgan fingerprint density at radius 3 is 2.46 bits per heavy atom. The second kappa shape index (κ2) is 9.12. The average Bonchev–Trinajstić information content (AvgIpc) is 3.25. The minimum Gasteiger partial charge on any atom is -0.322 e. The van der Waals surface area contributed by atoms with Crippen LogP contribution >= 0.6 is 0 Å². The number of hydrogen-bond donors (Lipinski definition) is 2. The van der Waals surface area contributed by atoms with Crippen molar-refractivity contribution in [3.05, 3.63) is 120 Å². The number of amides is 2. The Morgan fingerprint density at radius 2 is 1.65 bits per heavy atom. The van der Waals surface area contributed by atoms with Crippen LogP contribution in [0.4, 0.5) is 10.1 Å². The fraction of sp³-hybridized carbons (Fsp3) is 0.0357. The molecule has 0 saturated carbocycles. The van der Waals surface area contributed by atoms with E-state index in [2.05, 4.69) is 25.7 Å². The van der Waals surface area contributed by atoms with E-state index in [0.717, 1.165) is 11.1 Å². The molecule has 0 saturated heterocycles. The van der Waals surface area contributed by atoms with Crippen molar-refractivity contribution >= 4 is 28.9 Å². The van der Waals surface area contributed by atoms with Gasteiger partial charge in [0.1, 0.15) is 17.1 Å². The van der Waals surface area contributed by atoms with Gasteiger partial charge >= 0.3 is 0 Å². The summed E-state index contributed by atoms with van der Waals surface area (Å²) in [6.07, 6.45) is 1.87. The van der Waals surface area contributed by atoms with Gasteiger partial charge in [-0.3, -0.25) is 9.59 Å². The molecule has 2 aromatic heterocycles. The van der Waals surface area contributed by atoms with Gasteiger partial charge in [0, 0.05) is 29.1 Å². The number of para-hydroxylation sites is 1. The van der Waals surface area contributed by atoms with Gasteiger partial charge in [0.2, 0.25) is 6.17 Å². The fourth-order valence-corrected chi connectivity index (χ4v) is 4.31. The smallest absolute Gasteiger partial charge is 0.269 e. The Balaban J connectivity index is 1.45. The summed E-state index contributed by atoms with van der Waals surface area (Å²) < 4.78 is 16.1. The predicted molar refractivity (Wildman–Crippen MR) is 137 cm³/mol. The topological polar surface area (TPSA) is 101 Å². The molecule has 2 N–H and O–H groups in total. The summed E-state index contributed by atoms with van der Waals surface area (Å²) in [5, 5.41) is 9.97. The molecule has 0 radical (unpaired) electrons. The number of rotatable bonds is 4. The maximum Gasteiger partial charge on any atom is 0.269 e. The lowest BCUT2D eigenvalue weighted by atomic mass is 10.0. The Morgan fingerprint density at radius 1 is 0.919 bits per heavy atom. The van der Waals surface area contributed by atoms with Crippen LogP contribution in [0.25, 0.3) is 16.9 Å². The van der Waals surface area contributed by atoms with Gasteiger partial charge < -0.3 is 10.6 Å². The van der Waals surface area contributed by atoms with E-state index in [4.69, 9.17) is 0 Å². The van der Waals surface area contributed by atoms with Crippen molar-refractivity contribution in [1.29, 1.82) is 0 Å².